The number of carbonyl (C=O) groups is 1. The quantitative estimate of drug-likeness (QED) is 0.413. The highest BCUT2D eigenvalue weighted by atomic mass is 19.4. The second kappa shape index (κ2) is 11.9. The molecule has 3 aromatic rings. The number of ether oxygens (including phenoxy) is 2. The molecule has 0 radical (unpaired) electrons. The van der Waals surface area contributed by atoms with E-state index in [1.807, 2.05) is 37.3 Å². The number of rotatable bonds is 9. The fourth-order valence-corrected chi connectivity index (χ4v) is 4.68. The summed E-state index contributed by atoms with van der Waals surface area (Å²) >= 11 is 0. The number of likely N-dealkylation sites (tertiary alicyclic amines) is 1. The summed E-state index contributed by atoms with van der Waals surface area (Å²) in [6, 6.07) is 13.7. The van der Waals surface area contributed by atoms with Crippen molar-refractivity contribution in [2.24, 2.45) is 0 Å². The molecule has 11 heteroatoms. The zero-order valence-corrected chi connectivity index (χ0v) is 21.6. The summed E-state index contributed by atoms with van der Waals surface area (Å²) in [6.07, 6.45) is -4.45. The van der Waals surface area contributed by atoms with Crippen molar-refractivity contribution in [3.63, 3.8) is 0 Å². The standard InChI is InChI=1S/C27H32F3N5O3/c1-4-38-25-18(2)24(35(33-25)21-11-6-5-7-12-21)32-26(36)31-23-17-34(13-14-37-3)16-22(23)19-9-8-10-20(15-19)27(28,29)30/h5-12,15,22-23H,4,13-14,16-17H2,1-3H3,(H2,31,32,36)/t22-,23+/m1/s1. The number of nitrogens with zero attached hydrogens (tertiary/aromatic N) is 3. The topological polar surface area (TPSA) is 80.6 Å². The van der Waals surface area contributed by atoms with Crippen molar-refractivity contribution in [3.8, 4) is 11.6 Å². The smallest absolute Gasteiger partial charge is 0.416 e. The monoisotopic (exact) mass is 531 g/mol. The van der Waals surface area contributed by atoms with Crippen LogP contribution in [-0.2, 0) is 10.9 Å². The van der Waals surface area contributed by atoms with E-state index in [0.717, 1.165) is 11.8 Å². The number of amides is 2. The highest BCUT2D eigenvalue weighted by molar-refractivity contribution is 5.90. The lowest BCUT2D eigenvalue weighted by molar-refractivity contribution is -0.137. The van der Waals surface area contributed by atoms with E-state index in [1.54, 1.807) is 24.8 Å². The number of urea groups is 1. The van der Waals surface area contributed by atoms with Crippen molar-refractivity contribution in [2.45, 2.75) is 32.0 Å². The first-order chi connectivity index (χ1) is 18.2. The molecule has 2 N–H and O–H groups in total. The zero-order chi connectivity index (χ0) is 27.3. The Labute approximate surface area is 219 Å². The van der Waals surface area contributed by atoms with Gasteiger partial charge in [-0.05, 0) is 37.6 Å². The Morgan fingerprint density at radius 3 is 2.58 bits per heavy atom. The number of benzene rings is 2. The maximum absolute atomic E-state index is 13.4. The third-order valence-electron chi connectivity index (χ3n) is 6.56. The van der Waals surface area contributed by atoms with Crippen molar-refractivity contribution in [2.75, 3.05) is 45.3 Å². The number of aromatic nitrogens is 2. The minimum absolute atomic E-state index is 0.334. The van der Waals surface area contributed by atoms with E-state index in [-0.39, 0.29) is 5.92 Å². The van der Waals surface area contributed by atoms with E-state index in [4.69, 9.17) is 9.47 Å². The second-order valence-corrected chi connectivity index (χ2v) is 9.15. The van der Waals surface area contributed by atoms with Crippen LogP contribution in [0.1, 0.15) is 29.5 Å². The van der Waals surface area contributed by atoms with E-state index in [9.17, 15) is 18.0 Å². The average Bonchev–Trinajstić information content (AvgIpc) is 3.44. The molecule has 1 saturated heterocycles. The second-order valence-electron chi connectivity index (χ2n) is 9.15. The summed E-state index contributed by atoms with van der Waals surface area (Å²) < 4.78 is 52.6. The Morgan fingerprint density at radius 1 is 1.13 bits per heavy atom. The third kappa shape index (κ3) is 6.28. The summed E-state index contributed by atoms with van der Waals surface area (Å²) in [5.41, 5.74) is 1.22. The van der Waals surface area contributed by atoms with E-state index in [1.165, 1.54) is 12.1 Å². The molecule has 0 saturated carbocycles. The molecule has 0 bridgehead atoms. The molecular weight excluding hydrogens is 499 g/mol. The Hall–Kier alpha value is -3.57. The molecule has 8 nitrogen and oxygen atoms in total. The van der Waals surface area contributed by atoms with Crippen LogP contribution in [0.15, 0.2) is 54.6 Å². The van der Waals surface area contributed by atoms with Gasteiger partial charge in [-0.25, -0.2) is 9.48 Å². The fraction of sp³-hybridized carbons (Fsp3) is 0.407. The number of carbonyl (C=O) groups excluding carboxylic acids is 1. The first kappa shape index (κ1) is 27.5. The van der Waals surface area contributed by atoms with Gasteiger partial charge in [0.2, 0.25) is 5.88 Å². The van der Waals surface area contributed by atoms with Gasteiger partial charge in [0, 0.05) is 32.7 Å². The molecule has 0 spiro atoms. The number of anilines is 1. The molecule has 2 heterocycles. The number of alkyl halides is 3. The Morgan fingerprint density at radius 2 is 1.89 bits per heavy atom. The van der Waals surface area contributed by atoms with E-state index < -0.39 is 23.8 Å². The largest absolute Gasteiger partial charge is 0.477 e. The van der Waals surface area contributed by atoms with Crippen molar-refractivity contribution >= 4 is 11.8 Å². The van der Waals surface area contributed by atoms with Crippen LogP contribution in [0.4, 0.5) is 23.8 Å². The maximum atomic E-state index is 13.4. The molecule has 204 valence electrons. The molecule has 1 aliphatic heterocycles. The van der Waals surface area contributed by atoms with Crippen molar-refractivity contribution in [3.05, 3.63) is 71.3 Å². The van der Waals surface area contributed by atoms with Crippen LogP contribution in [0.5, 0.6) is 5.88 Å². The number of methoxy groups -OCH3 is 1. The van der Waals surface area contributed by atoms with Gasteiger partial charge < -0.3 is 14.8 Å². The van der Waals surface area contributed by atoms with Crippen LogP contribution in [0.25, 0.3) is 5.69 Å². The number of halogens is 3. The Bertz CT molecular complexity index is 1230. The lowest BCUT2D eigenvalue weighted by Crippen LogP contribution is -2.42. The van der Waals surface area contributed by atoms with E-state index in [2.05, 4.69) is 20.6 Å². The maximum Gasteiger partial charge on any atom is 0.416 e. The number of nitrogens with one attached hydrogen (secondary N) is 2. The summed E-state index contributed by atoms with van der Waals surface area (Å²) in [5, 5.41) is 10.4. The third-order valence-corrected chi connectivity index (χ3v) is 6.56. The first-order valence-corrected chi connectivity index (χ1v) is 12.4. The van der Waals surface area contributed by atoms with Gasteiger partial charge in [0.1, 0.15) is 5.82 Å². The lowest BCUT2D eigenvalue weighted by atomic mass is 9.93. The fourth-order valence-electron chi connectivity index (χ4n) is 4.68. The molecule has 0 aliphatic carbocycles. The molecule has 1 aliphatic rings. The Balaban J connectivity index is 1.58. The lowest BCUT2D eigenvalue weighted by Gasteiger charge is -2.22. The van der Waals surface area contributed by atoms with Crippen LogP contribution < -0.4 is 15.4 Å². The van der Waals surface area contributed by atoms with Crippen molar-refractivity contribution in [1.29, 1.82) is 0 Å². The molecule has 38 heavy (non-hydrogen) atoms. The van der Waals surface area contributed by atoms with Gasteiger partial charge in [-0.2, -0.15) is 13.2 Å². The van der Waals surface area contributed by atoms with E-state index >= 15 is 0 Å². The van der Waals surface area contributed by atoms with Gasteiger partial charge in [-0.1, -0.05) is 36.4 Å². The number of hydrogen-bond acceptors (Lipinski definition) is 5. The molecule has 2 atom stereocenters. The summed E-state index contributed by atoms with van der Waals surface area (Å²) in [7, 11) is 1.60. The van der Waals surface area contributed by atoms with Gasteiger partial charge in [-0.3, -0.25) is 10.2 Å². The predicted octanol–water partition coefficient (Wildman–Crippen LogP) is 4.83. The molecular formula is C27H32F3N5O3. The minimum Gasteiger partial charge on any atom is -0.477 e. The first-order valence-electron chi connectivity index (χ1n) is 12.4. The van der Waals surface area contributed by atoms with Crippen molar-refractivity contribution < 1.29 is 27.4 Å². The molecule has 1 fully saturated rings. The van der Waals surface area contributed by atoms with Crippen LogP contribution in [-0.4, -0.2) is 66.7 Å². The molecule has 4 rings (SSSR count). The van der Waals surface area contributed by atoms with Gasteiger partial charge in [0.15, 0.2) is 0 Å². The Kier molecular flexibility index (Phi) is 8.58. The van der Waals surface area contributed by atoms with Gasteiger partial charge in [0.25, 0.3) is 0 Å². The predicted molar refractivity (Wildman–Crippen MR) is 138 cm³/mol. The van der Waals surface area contributed by atoms with Gasteiger partial charge >= 0.3 is 12.2 Å². The van der Waals surface area contributed by atoms with Crippen molar-refractivity contribution in [1.82, 2.24) is 20.0 Å². The highest BCUT2D eigenvalue weighted by Crippen LogP contribution is 2.34. The molecule has 0 unspecified atom stereocenters. The molecule has 2 aromatic carbocycles. The highest BCUT2D eigenvalue weighted by Gasteiger charge is 2.37. The molecule has 1 aromatic heterocycles. The normalized spacial score (nSPS) is 17.9. The van der Waals surface area contributed by atoms with Gasteiger partial charge in [0.05, 0.1) is 36.1 Å². The SMILES string of the molecule is CCOc1nn(-c2ccccc2)c(NC(=O)N[C@H]2CN(CCOC)C[C@@H]2c2cccc(C(F)(F)F)c2)c1C. The van der Waals surface area contributed by atoms with Crippen LogP contribution >= 0.6 is 0 Å². The summed E-state index contributed by atoms with van der Waals surface area (Å²) in [6.45, 7) is 6.11. The minimum atomic E-state index is -4.45. The van der Waals surface area contributed by atoms with Crippen LogP contribution in [0.3, 0.4) is 0 Å². The number of hydrogen-bond donors (Lipinski definition) is 2. The van der Waals surface area contributed by atoms with Crippen LogP contribution in [0, 0.1) is 6.92 Å². The van der Waals surface area contributed by atoms with Gasteiger partial charge in [-0.15, -0.1) is 5.10 Å². The number of para-hydroxylation sites is 1. The molecule has 2 amide bonds. The zero-order valence-electron chi connectivity index (χ0n) is 21.6. The summed E-state index contributed by atoms with van der Waals surface area (Å²) in [4.78, 5) is 15.3. The summed E-state index contributed by atoms with van der Waals surface area (Å²) in [5.74, 6) is 0.515. The average molecular weight is 532 g/mol. The van der Waals surface area contributed by atoms with Crippen LogP contribution in [0.2, 0.25) is 0 Å². The van der Waals surface area contributed by atoms with E-state index in [0.29, 0.717) is 55.7 Å².